The molecule has 4 aromatic carbocycles. The van der Waals surface area contributed by atoms with Crippen molar-refractivity contribution in [3.8, 4) is 67.1 Å². The SMILES string of the molecule is Cc1cc(C)c(-c2c3nc(c(-c4c5nc(c(-c6c(C)cc(C)cc6C)c6ccc([nH]6)c([O])c6nc(c(-c7c(C)cc(C)cc7C)c7ccc4[nH]7)C=C6)C=C5)c4ccc([nH]4)c(-c4c(C)cc(C)cc4C)c4nc(c([O])c5ccc2[nH]5)C=C4)C=C3)c(C)c1. The second-order valence-corrected chi connectivity index (χ2v) is 24.0. The third-order valence-electron chi connectivity index (χ3n) is 17.4. The molecular formula is C76H64N8O2. The van der Waals surface area contributed by atoms with Crippen molar-refractivity contribution >= 4 is 92.7 Å². The Morgan fingerprint density at radius 3 is 0.605 bits per heavy atom. The van der Waals surface area contributed by atoms with Crippen LogP contribution >= 0.6 is 0 Å². The minimum Gasteiger partial charge on any atom is -0.354 e. The average Bonchev–Trinajstić information content (AvgIpc) is 2.01. The van der Waals surface area contributed by atoms with E-state index in [9.17, 15) is 10.2 Å². The molecule has 10 aromatic rings. The lowest BCUT2D eigenvalue weighted by molar-refractivity contribution is 0.356. The van der Waals surface area contributed by atoms with Gasteiger partial charge in [-0.1, -0.05) is 70.8 Å². The number of H-pyrrole nitrogens is 4. The molecule has 4 aliphatic rings. The van der Waals surface area contributed by atoms with Gasteiger partial charge in [0.1, 0.15) is 11.4 Å². The van der Waals surface area contributed by atoms with E-state index in [1.165, 1.54) is 0 Å². The largest absolute Gasteiger partial charge is 0.354 e. The normalized spacial score (nSPS) is 12.6. The van der Waals surface area contributed by atoms with E-state index in [1.807, 2.05) is 48.6 Å². The summed E-state index contributed by atoms with van der Waals surface area (Å²) in [5.74, 6) is -0.405. The predicted molar refractivity (Wildman–Crippen MR) is 356 cm³/mol. The number of aryl methyl sites for hydroxylation is 12. The van der Waals surface area contributed by atoms with E-state index < -0.39 is 0 Å². The summed E-state index contributed by atoms with van der Waals surface area (Å²) in [5, 5.41) is 29.4. The van der Waals surface area contributed by atoms with Crippen molar-refractivity contribution in [2.24, 2.45) is 0 Å². The first-order valence-corrected chi connectivity index (χ1v) is 29.4. The quantitative estimate of drug-likeness (QED) is 0.135. The van der Waals surface area contributed by atoms with Crippen LogP contribution in [0.4, 0.5) is 0 Å². The summed E-state index contributed by atoms with van der Waals surface area (Å²) in [7, 11) is 0. The van der Waals surface area contributed by atoms with Crippen LogP contribution in [-0.2, 0) is 10.2 Å². The van der Waals surface area contributed by atoms with E-state index in [0.29, 0.717) is 45.2 Å². The number of benzene rings is 4. The van der Waals surface area contributed by atoms with Gasteiger partial charge in [0.2, 0.25) is 11.5 Å². The smallest absolute Gasteiger partial charge is 0.227 e. The topological polar surface area (TPSA) is 155 Å². The molecule has 6 aromatic heterocycles. The minimum atomic E-state index is -0.203. The number of aromatic amines is 4. The molecule has 0 saturated heterocycles. The fraction of sp³-hybridized carbons (Fsp3) is 0.158. The Bertz CT molecular complexity index is 4630. The molecule has 16 bridgehead atoms. The summed E-state index contributed by atoms with van der Waals surface area (Å²) in [6.07, 6.45) is 16.0. The van der Waals surface area contributed by atoms with Crippen molar-refractivity contribution in [1.29, 1.82) is 0 Å². The van der Waals surface area contributed by atoms with Crippen LogP contribution in [0.5, 0.6) is 11.5 Å². The zero-order valence-electron chi connectivity index (χ0n) is 50.5. The fourth-order valence-corrected chi connectivity index (χ4v) is 14.2. The molecule has 10 nitrogen and oxygen atoms in total. The Morgan fingerprint density at radius 2 is 0.384 bits per heavy atom. The lowest BCUT2D eigenvalue weighted by atomic mass is 9.92. The summed E-state index contributed by atoms with van der Waals surface area (Å²) in [6, 6.07) is 33.9. The van der Waals surface area contributed by atoms with Crippen molar-refractivity contribution in [1.82, 2.24) is 39.9 Å². The molecule has 10 heterocycles. The summed E-state index contributed by atoms with van der Waals surface area (Å²) in [5.41, 5.74) is 33.0. The number of fused-ring (bicyclic) bond motifs is 16. The lowest BCUT2D eigenvalue weighted by Crippen LogP contribution is -1.95. The molecule has 0 spiro atoms. The van der Waals surface area contributed by atoms with E-state index in [2.05, 4.69) is 200 Å². The van der Waals surface area contributed by atoms with Crippen LogP contribution in [0.2, 0.25) is 0 Å². The molecule has 4 N–H and O–H groups in total. The molecule has 0 unspecified atom stereocenters. The zero-order valence-corrected chi connectivity index (χ0v) is 50.5. The third kappa shape index (κ3) is 8.85. The highest BCUT2D eigenvalue weighted by Crippen LogP contribution is 2.45. The molecule has 10 heteroatoms. The van der Waals surface area contributed by atoms with Gasteiger partial charge in [-0.25, -0.2) is 19.9 Å². The maximum Gasteiger partial charge on any atom is 0.227 e. The highest BCUT2D eigenvalue weighted by Gasteiger charge is 2.26. The first kappa shape index (κ1) is 53.7. The molecule has 420 valence electrons. The van der Waals surface area contributed by atoms with Gasteiger partial charge in [-0.3, -0.25) is 10.2 Å². The first-order valence-electron chi connectivity index (χ1n) is 29.4. The monoisotopic (exact) mass is 1120 g/mol. The summed E-state index contributed by atoms with van der Waals surface area (Å²) in [4.78, 5) is 37.1. The van der Waals surface area contributed by atoms with Crippen LogP contribution < -0.4 is 0 Å². The summed E-state index contributed by atoms with van der Waals surface area (Å²) >= 11 is 0. The molecule has 0 atom stereocenters. The zero-order chi connectivity index (χ0) is 59.7. The van der Waals surface area contributed by atoms with Crippen LogP contribution in [0.3, 0.4) is 0 Å². The fourth-order valence-electron chi connectivity index (χ4n) is 14.2. The maximum atomic E-state index is 14.7. The van der Waals surface area contributed by atoms with Gasteiger partial charge in [-0.2, -0.15) is 0 Å². The van der Waals surface area contributed by atoms with Crippen LogP contribution in [0.1, 0.15) is 112 Å². The van der Waals surface area contributed by atoms with Gasteiger partial charge < -0.3 is 19.9 Å². The number of hydrogen-bond acceptors (Lipinski definition) is 4. The lowest BCUT2D eigenvalue weighted by Gasteiger charge is -2.14. The predicted octanol–water partition coefficient (Wildman–Crippen LogP) is 19.9. The van der Waals surface area contributed by atoms with Crippen molar-refractivity contribution in [2.45, 2.75) is 83.1 Å². The Balaban J connectivity index is 1.22. The van der Waals surface area contributed by atoms with Gasteiger partial charge in [0, 0.05) is 66.5 Å². The van der Waals surface area contributed by atoms with E-state index in [-0.39, 0.29) is 11.5 Å². The second kappa shape index (κ2) is 20.2. The Morgan fingerprint density at radius 1 is 0.221 bits per heavy atom. The van der Waals surface area contributed by atoms with E-state index in [0.717, 1.165) is 167 Å². The second-order valence-electron chi connectivity index (χ2n) is 24.0. The number of aromatic nitrogens is 8. The first-order chi connectivity index (χ1) is 41.3. The van der Waals surface area contributed by atoms with Crippen molar-refractivity contribution in [3.05, 3.63) is 209 Å². The van der Waals surface area contributed by atoms with E-state index in [4.69, 9.17) is 19.9 Å². The highest BCUT2D eigenvalue weighted by atomic mass is 16.3. The molecule has 0 aliphatic carbocycles. The van der Waals surface area contributed by atoms with Crippen molar-refractivity contribution in [3.63, 3.8) is 0 Å². The van der Waals surface area contributed by atoms with Gasteiger partial charge >= 0.3 is 0 Å². The third-order valence-corrected chi connectivity index (χ3v) is 17.4. The van der Waals surface area contributed by atoms with Crippen molar-refractivity contribution in [2.75, 3.05) is 0 Å². The van der Waals surface area contributed by atoms with E-state index >= 15 is 0 Å². The molecule has 14 rings (SSSR count). The van der Waals surface area contributed by atoms with Gasteiger partial charge in [-0.15, -0.1) is 0 Å². The number of nitrogens with zero attached hydrogens (tertiary/aromatic N) is 4. The highest BCUT2D eigenvalue weighted by molar-refractivity contribution is 6.06. The van der Waals surface area contributed by atoms with Crippen molar-refractivity contribution < 1.29 is 10.2 Å². The van der Waals surface area contributed by atoms with Gasteiger partial charge in [0.25, 0.3) is 0 Å². The van der Waals surface area contributed by atoms with Crippen LogP contribution in [-0.4, -0.2) is 39.9 Å². The van der Waals surface area contributed by atoms with Crippen LogP contribution in [0, 0.1) is 83.1 Å². The molecule has 0 amide bonds. The average molecular weight is 1120 g/mol. The van der Waals surface area contributed by atoms with Gasteiger partial charge in [-0.05, 0) is 247 Å². The number of hydrogen-bond donors (Lipinski definition) is 4. The number of rotatable bonds is 5. The van der Waals surface area contributed by atoms with Gasteiger partial charge in [0.15, 0.2) is 0 Å². The molecular weight excluding hydrogens is 1060 g/mol. The maximum absolute atomic E-state index is 14.7. The van der Waals surface area contributed by atoms with Crippen LogP contribution in [0.15, 0.2) is 97.1 Å². The molecule has 2 radical (unpaired) electrons. The standard InChI is InChI=1S/C76H64N8O2/c1-37-29-41(5)65(42(6)30-37)69-49-13-17-57(77-49)73(58-18-14-50(78-58)70(66-43(7)31-38(2)32-44(66)8)54-22-26-62(82-54)75(85)61-25-21-53(69)81-61)74-59-19-15-51(79-59)71(67-45(9)33-39(3)34-46(67)10)55-23-27-63(83-55)76(86)64-28-24-56(84-64)72(52-16-20-60(74)80-52)68-47(11)35-40(4)36-48(68)12/h13-36,77,79,82,84H,1-12H3. The number of nitrogens with one attached hydrogen (secondary N) is 4. The molecule has 0 fully saturated rings. The van der Waals surface area contributed by atoms with Crippen LogP contribution in [0.25, 0.3) is 148 Å². The molecule has 0 saturated carbocycles. The summed E-state index contributed by atoms with van der Waals surface area (Å²) < 4.78 is 0. The Kier molecular flexibility index (Phi) is 12.6. The Hall–Kier alpha value is -10.3. The van der Waals surface area contributed by atoms with Gasteiger partial charge in [0.05, 0.1) is 45.2 Å². The minimum absolute atomic E-state index is 0.203. The molecule has 4 aliphatic heterocycles. The Labute approximate surface area is 499 Å². The van der Waals surface area contributed by atoms with E-state index in [1.54, 1.807) is 0 Å². The summed E-state index contributed by atoms with van der Waals surface area (Å²) in [6.45, 7) is 25.6. The molecule has 86 heavy (non-hydrogen) atoms.